The number of nitrogens with one attached hydrogen (secondary N) is 1. The average Bonchev–Trinajstić information content (AvgIpc) is 2.54. The van der Waals surface area contributed by atoms with Gasteiger partial charge in [0, 0.05) is 16.9 Å². The van der Waals surface area contributed by atoms with Crippen molar-refractivity contribution in [1.82, 2.24) is 4.72 Å². The van der Waals surface area contributed by atoms with Crippen molar-refractivity contribution in [1.29, 1.82) is 0 Å². The molecule has 0 spiro atoms. The average molecular weight is 430 g/mol. The predicted octanol–water partition coefficient (Wildman–Crippen LogP) is 6.63. The van der Waals surface area contributed by atoms with Gasteiger partial charge in [-0.05, 0) is 55.9 Å². The minimum absolute atomic E-state index is 0.234. The lowest BCUT2D eigenvalue weighted by atomic mass is 10.0. The minimum Gasteiger partial charge on any atom is -0.598 e. The Kier molecular flexibility index (Phi) is 9.22. The van der Waals surface area contributed by atoms with E-state index in [4.69, 9.17) is 4.43 Å². The smallest absolute Gasteiger partial charge is 0.200 e. The quantitative estimate of drug-likeness (QED) is 0.354. The van der Waals surface area contributed by atoms with E-state index in [2.05, 4.69) is 46.3 Å². The fourth-order valence-electron chi connectivity index (χ4n) is 4.23. The first-order chi connectivity index (χ1) is 12.7. The molecule has 0 aliphatic heterocycles. The summed E-state index contributed by atoms with van der Waals surface area (Å²) in [5.41, 5.74) is 2.70. The Morgan fingerprint density at radius 1 is 1.04 bits per heavy atom. The van der Waals surface area contributed by atoms with Crippen LogP contribution in [-0.4, -0.2) is 17.6 Å². The van der Waals surface area contributed by atoms with Gasteiger partial charge in [-0.15, -0.1) is 4.72 Å². The van der Waals surface area contributed by atoms with Gasteiger partial charge in [-0.3, -0.25) is 0 Å². The Balaban J connectivity index is 3.18. The molecule has 0 aliphatic carbocycles. The molecule has 0 aliphatic rings. The van der Waals surface area contributed by atoms with Crippen LogP contribution in [0.1, 0.15) is 86.4 Å². The van der Waals surface area contributed by atoms with E-state index in [9.17, 15) is 8.94 Å². The summed E-state index contributed by atoms with van der Waals surface area (Å²) in [6, 6.07) is 4.87. The molecule has 3 nitrogen and oxygen atoms in total. The molecule has 0 bridgehead atoms. The summed E-state index contributed by atoms with van der Waals surface area (Å²) < 4.78 is 36.7. The molecule has 0 radical (unpaired) electrons. The molecule has 1 rings (SSSR count). The van der Waals surface area contributed by atoms with Gasteiger partial charge in [0.2, 0.25) is 8.32 Å². The molecule has 0 saturated heterocycles. The second-order valence-corrected chi connectivity index (χ2v) is 17.1. The summed E-state index contributed by atoms with van der Waals surface area (Å²) in [7, 11) is -2.10. The van der Waals surface area contributed by atoms with Crippen LogP contribution in [0.5, 0.6) is 0 Å². The van der Waals surface area contributed by atoms with Gasteiger partial charge in [0.25, 0.3) is 0 Å². The third kappa shape index (κ3) is 5.82. The van der Waals surface area contributed by atoms with Gasteiger partial charge < -0.3 is 8.98 Å². The van der Waals surface area contributed by atoms with Crippen LogP contribution in [0.25, 0.3) is 0 Å². The molecule has 0 saturated carbocycles. The number of rotatable bonds is 9. The topological polar surface area (TPSA) is 44.3 Å². The number of halogens is 1. The van der Waals surface area contributed by atoms with E-state index < -0.39 is 19.7 Å². The predicted molar refractivity (Wildman–Crippen MR) is 122 cm³/mol. The first-order valence-corrected chi connectivity index (χ1v) is 13.6. The maximum Gasteiger partial charge on any atom is 0.200 e. The second kappa shape index (κ2) is 10.1. The van der Waals surface area contributed by atoms with Crippen molar-refractivity contribution in [3.8, 4) is 0 Å². The molecular formula is C22H40FNO2SSi. The third-order valence-corrected chi connectivity index (χ3v) is 13.4. The van der Waals surface area contributed by atoms with E-state index in [0.29, 0.717) is 22.2 Å². The normalized spacial score (nSPS) is 15.5. The number of hydrogen-bond acceptors (Lipinski definition) is 3. The summed E-state index contributed by atoms with van der Waals surface area (Å²) in [6.45, 7) is 21.3. The van der Waals surface area contributed by atoms with Crippen LogP contribution in [0.15, 0.2) is 18.2 Å². The molecule has 0 unspecified atom stereocenters. The first-order valence-electron chi connectivity index (χ1n) is 10.3. The molecule has 0 heterocycles. The molecule has 1 aromatic rings. The van der Waals surface area contributed by atoms with Gasteiger partial charge in [0.1, 0.15) is 10.6 Å². The van der Waals surface area contributed by atoms with Crippen LogP contribution in [0, 0.1) is 5.82 Å². The van der Waals surface area contributed by atoms with E-state index in [1.807, 2.05) is 33.8 Å². The Morgan fingerprint density at radius 2 is 1.54 bits per heavy atom. The lowest BCUT2D eigenvalue weighted by molar-refractivity contribution is 0.259. The van der Waals surface area contributed by atoms with Crippen molar-refractivity contribution < 1.29 is 13.4 Å². The largest absolute Gasteiger partial charge is 0.598 e. The highest BCUT2D eigenvalue weighted by Gasteiger charge is 2.45. The van der Waals surface area contributed by atoms with Crippen LogP contribution in [0.3, 0.4) is 0 Å². The zero-order chi connectivity index (χ0) is 21.9. The standard InChI is InChI=1S/C22H40FNO2SSi/c1-15(2)28(16(3)4,17(5)6)26-14-20-19(12-11-13-21(20)23)18(7)24-27(25)22(8,9)10/h11-13,15-18,24H,14H2,1-10H3/t18-,27+/m1/s1. The third-order valence-electron chi connectivity index (χ3n) is 5.64. The molecular weight excluding hydrogens is 389 g/mol. The lowest BCUT2D eigenvalue weighted by Crippen LogP contribution is -2.47. The van der Waals surface area contributed by atoms with Crippen molar-refractivity contribution in [3.63, 3.8) is 0 Å². The molecule has 2 atom stereocenters. The zero-order valence-corrected chi connectivity index (χ0v) is 21.2. The molecule has 6 heteroatoms. The lowest BCUT2D eigenvalue weighted by Gasteiger charge is -2.42. The Hall–Kier alpha value is -0.403. The molecule has 0 amide bonds. The van der Waals surface area contributed by atoms with Gasteiger partial charge in [-0.2, -0.15) is 0 Å². The van der Waals surface area contributed by atoms with E-state index in [0.717, 1.165) is 5.56 Å². The summed E-state index contributed by atoms with van der Waals surface area (Å²) in [5, 5.41) is 0. The molecule has 1 aromatic carbocycles. The summed E-state index contributed by atoms with van der Waals surface area (Å²) in [6.07, 6.45) is 0. The highest BCUT2D eigenvalue weighted by Crippen LogP contribution is 2.43. The maximum absolute atomic E-state index is 14.8. The SMILES string of the molecule is CC(C)[Si](OCc1c(F)cccc1[C@@H](C)N[S@@+]([O-])C(C)(C)C)(C(C)C)C(C)C. The highest BCUT2D eigenvalue weighted by molar-refractivity contribution is 7.90. The second-order valence-electron chi connectivity index (χ2n) is 9.63. The molecule has 28 heavy (non-hydrogen) atoms. The summed E-state index contributed by atoms with van der Waals surface area (Å²) in [5.74, 6) is -0.258. The van der Waals surface area contributed by atoms with Crippen molar-refractivity contribution in [3.05, 3.63) is 35.1 Å². The van der Waals surface area contributed by atoms with Crippen LogP contribution < -0.4 is 4.72 Å². The van der Waals surface area contributed by atoms with E-state index in [1.165, 1.54) is 6.07 Å². The van der Waals surface area contributed by atoms with Gasteiger partial charge in [0.15, 0.2) is 0 Å². The van der Waals surface area contributed by atoms with E-state index in [1.54, 1.807) is 6.07 Å². The fraction of sp³-hybridized carbons (Fsp3) is 0.727. The molecule has 0 fully saturated rings. The monoisotopic (exact) mass is 429 g/mol. The Bertz CT molecular complexity index is 610. The molecule has 0 aromatic heterocycles. The van der Waals surface area contributed by atoms with Crippen molar-refractivity contribution in [2.24, 2.45) is 0 Å². The van der Waals surface area contributed by atoms with Crippen LogP contribution in [0.4, 0.5) is 4.39 Å². The van der Waals surface area contributed by atoms with Gasteiger partial charge in [0.05, 0.1) is 12.6 Å². The van der Waals surface area contributed by atoms with Crippen molar-refractivity contribution in [2.75, 3.05) is 0 Å². The van der Waals surface area contributed by atoms with Crippen molar-refractivity contribution in [2.45, 2.75) is 103 Å². The highest BCUT2D eigenvalue weighted by atomic mass is 32.2. The van der Waals surface area contributed by atoms with Gasteiger partial charge in [-0.1, -0.05) is 53.7 Å². The molecule has 1 N–H and O–H groups in total. The van der Waals surface area contributed by atoms with E-state index in [-0.39, 0.29) is 23.2 Å². The zero-order valence-electron chi connectivity index (χ0n) is 19.4. The molecule has 162 valence electrons. The van der Waals surface area contributed by atoms with Crippen LogP contribution in [0.2, 0.25) is 16.6 Å². The fourth-order valence-corrected chi connectivity index (χ4v) is 10.4. The maximum atomic E-state index is 14.8. The Morgan fingerprint density at radius 3 is 1.96 bits per heavy atom. The number of benzene rings is 1. The summed E-state index contributed by atoms with van der Waals surface area (Å²) in [4.78, 5) is 0. The van der Waals surface area contributed by atoms with E-state index >= 15 is 0 Å². The first kappa shape index (κ1) is 25.6. The van der Waals surface area contributed by atoms with Gasteiger partial charge >= 0.3 is 0 Å². The van der Waals surface area contributed by atoms with Gasteiger partial charge in [-0.25, -0.2) is 4.39 Å². The summed E-state index contributed by atoms with van der Waals surface area (Å²) >= 11 is -1.23. The van der Waals surface area contributed by atoms with Crippen LogP contribution in [-0.2, 0) is 22.4 Å². The van der Waals surface area contributed by atoms with Crippen LogP contribution >= 0.6 is 0 Å². The Labute approximate surface area is 176 Å². The number of hydrogen-bond donors (Lipinski definition) is 1. The minimum atomic E-state index is -2.10. The van der Waals surface area contributed by atoms with Crippen molar-refractivity contribution >= 4 is 19.7 Å².